The first kappa shape index (κ1) is 26.6. The summed E-state index contributed by atoms with van der Waals surface area (Å²) in [5.74, 6) is 1.32. The minimum absolute atomic E-state index is 0.146. The third-order valence-electron chi connectivity index (χ3n) is 8.29. The topological polar surface area (TPSA) is 62.5 Å². The summed E-state index contributed by atoms with van der Waals surface area (Å²) in [5, 5.41) is 6.54. The number of nitrogens with one attached hydrogen (secondary N) is 1. The second-order valence-corrected chi connectivity index (χ2v) is 10.2. The fourth-order valence-corrected chi connectivity index (χ4v) is 6.25. The molecule has 208 valence electrons. The number of nitrogens with zero attached hydrogens (tertiary/aromatic N) is 4. The number of amides is 1. The number of hydrogen-bond donors (Lipinski definition) is 0. The summed E-state index contributed by atoms with van der Waals surface area (Å²) in [6.07, 6.45) is 3.56. The number of rotatable bonds is 8. The highest BCUT2D eigenvalue weighted by Crippen LogP contribution is 2.58. The van der Waals surface area contributed by atoms with Crippen LogP contribution in [0.15, 0.2) is 90.2 Å². The zero-order chi connectivity index (χ0) is 28.6. The molecular formula is C34H36N5O2+. The van der Waals surface area contributed by atoms with Gasteiger partial charge < -0.3 is 14.5 Å². The molecule has 7 heteroatoms. The number of anilines is 2. The summed E-state index contributed by atoms with van der Waals surface area (Å²) in [6.45, 7) is 12.1. The number of aromatic amines is 1. The van der Waals surface area contributed by atoms with Crippen molar-refractivity contribution >= 4 is 23.5 Å². The highest BCUT2D eigenvalue weighted by atomic mass is 16.5. The van der Waals surface area contributed by atoms with Crippen LogP contribution in [0.1, 0.15) is 60.4 Å². The molecular weight excluding hydrogens is 510 g/mol. The van der Waals surface area contributed by atoms with Crippen molar-refractivity contribution in [3.05, 3.63) is 113 Å². The molecule has 0 atom stereocenters. The Morgan fingerprint density at radius 2 is 1.37 bits per heavy atom. The molecule has 1 N–H and O–H groups in total. The molecule has 0 saturated heterocycles. The Morgan fingerprint density at radius 1 is 0.780 bits per heavy atom. The number of H-pyrrole nitrogens is 1. The van der Waals surface area contributed by atoms with Crippen LogP contribution in [0.2, 0.25) is 0 Å². The van der Waals surface area contributed by atoms with Gasteiger partial charge in [0.1, 0.15) is 23.3 Å². The molecule has 1 spiro atoms. The highest BCUT2D eigenvalue weighted by molar-refractivity contribution is 6.02. The standard InChI is InChI=1S/C34H35N5O2/c1-5-37(6-2)25-16-18-29-31(21-25)41-32-22-26(38(7-3)8-4)17-19-30(32)34(29)28-15-10-9-14-27(28)33(40)39(34)36-23-24-13-11-12-20-35-24/h9-23H,5-8H2,1-4H3/p+1/b36-23-. The Hall–Kier alpha value is -4.65. The minimum Gasteiger partial charge on any atom is -0.456 e. The van der Waals surface area contributed by atoms with E-state index in [1.807, 2.05) is 48.7 Å². The molecule has 2 aliphatic heterocycles. The number of hydrogen-bond acceptors (Lipinski definition) is 5. The van der Waals surface area contributed by atoms with Crippen LogP contribution in [0, 0.1) is 0 Å². The van der Waals surface area contributed by atoms with Crippen molar-refractivity contribution in [3.8, 4) is 11.5 Å². The van der Waals surface area contributed by atoms with E-state index in [1.54, 1.807) is 11.2 Å². The van der Waals surface area contributed by atoms with Gasteiger partial charge >= 0.3 is 0 Å². The van der Waals surface area contributed by atoms with E-state index in [-0.39, 0.29) is 5.91 Å². The van der Waals surface area contributed by atoms with Gasteiger partial charge in [0.2, 0.25) is 5.69 Å². The predicted octanol–water partition coefficient (Wildman–Crippen LogP) is 6.08. The summed E-state index contributed by atoms with van der Waals surface area (Å²) < 4.78 is 6.74. The summed E-state index contributed by atoms with van der Waals surface area (Å²) in [4.78, 5) is 22.0. The minimum atomic E-state index is -0.995. The molecule has 1 amide bonds. The third-order valence-corrected chi connectivity index (χ3v) is 8.29. The predicted molar refractivity (Wildman–Crippen MR) is 163 cm³/mol. The molecule has 1 aromatic heterocycles. The summed E-state index contributed by atoms with van der Waals surface area (Å²) in [5.41, 5.74) is 5.29. The first-order chi connectivity index (χ1) is 20.1. The van der Waals surface area contributed by atoms with Crippen LogP contribution in [0.25, 0.3) is 0 Å². The Kier molecular flexibility index (Phi) is 6.95. The lowest BCUT2D eigenvalue weighted by Gasteiger charge is -2.42. The largest absolute Gasteiger partial charge is 0.456 e. The van der Waals surface area contributed by atoms with Crippen LogP contribution in [-0.4, -0.2) is 43.3 Å². The van der Waals surface area contributed by atoms with Crippen molar-refractivity contribution in [2.24, 2.45) is 5.10 Å². The molecule has 0 radical (unpaired) electrons. The van der Waals surface area contributed by atoms with Gasteiger partial charge in [0.25, 0.3) is 5.91 Å². The number of hydrazone groups is 1. The monoisotopic (exact) mass is 546 g/mol. The normalized spacial score (nSPS) is 14.5. The van der Waals surface area contributed by atoms with Gasteiger partial charge in [0.05, 0.1) is 0 Å². The average molecular weight is 547 g/mol. The van der Waals surface area contributed by atoms with Gasteiger partial charge in [0, 0.05) is 84.1 Å². The molecule has 41 heavy (non-hydrogen) atoms. The molecule has 0 fully saturated rings. The van der Waals surface area contributed by atoms with Crippen LogP contribution in [0.4, 0.5) is 11.4 Å². The van der Waals surface area contributed by atoms with Gasteiger partial charge in [-0.1, -0.05) is 30.3 Å². The van der Waals surface area contributed by atoms with Crippen molar-refractivity contribution in [1.29, 1.82) is 0 Å². The van der Waals surface area contributed by atoms with Gasteiger partial charge in [-0.2, -0.15) is 5.10 Å². The fourth-order valence-electron chi connectivity index (χ4n) is 6.25. The van der Waals surface area contributed by atoms with Crippen molar-refractivity contribution in [1.82, 2.24) is 5.01 Å². The Morgan fingerprint density at radius 3 is 1.93 bits per heavy atom. The highest BCUT2D eigenvalue weighted by Gasteiger charge is 2.57. The zero-order valence-corrected chi connectivity index (χ0v) is 24.1. The van der Waals surface area contributed by atoms with Gasteiger partial charge in [-0.05, 0) is 52.0 Å². The smallest absolute Gasteiger partial charge is 0.275 e. The number of pyridine rings is 1. The number of aromatic nitrogens is 1. The van der Waals surface area contributed by atoms with Gasteiger partial charge in [0.15, 0.2) is 6.20 Å². The van der Waals surface area contributed by atoms with Crippen LogP contribution >= 0.6 is 0 Å². The van der Waals surface area contributed by atoms with E-state index in [4.69, 9.17) is 9.84 Å². The molecule has 2 aliphatic rings. The maximum Gasteiger partial charge on any atom is 0.275 e. The lowest BCUT2D eigenvalue weighted by Crippen LogP contribution is -2.44. The van der Waals surface area contributed by atoms with Crippen LogP contribution in [0.3, 0.4) is 0 Å². The second kappa shape index (κ2) is 10.7. The van der Waals surface area contributed by atoms with Gasteiger partial charge in [-0.3, -0.25) is 4.79 Å². The number of carbonyl (C=O) groups is 1. The number of benzene rings is 3. The summed E-state index contributed by atoms with van der Waals surface area (Å²) >= 11 is 0. The van der Waals surface area contributed by atoms with Crippen molar-refractivity contribution in [2.75, 3.05) is 36.0 Å². The SMILES string of the molecule is CCN(CC)c1ccc2c(c1)Oc1cc(N(CC)CC)ccc1C21c2ccccc2C(=O)N1/N=C\c1cccc[nH+]1. The summed E-state index contributed by atoms with van der Waals surface area (Å²) in [7, 11) is 0. The van der Waals surface area contributed by atoms with Crippen molar-refractivity contribution in [2.45, 2.75) is 33.2 Å². The maximum atomic E-state index is 14.2. The quantitative estimate of drug-likeness (QED) is 0.251. The lowest BCUT2D eigenvalue weighted by atomic mass is 9.75. The number of ether oxygens (including phenoxy) is 1. The Balaban J connectivity index is 1.64. The van der Waals surface area contributed by atoms with E-state index in [9.17, 15) is 4.79 Å². The first-order valence-corrected chi connectivity index (χ1v) is 14.5. The molecule has 0 saturated carbocycles. The molecule has 6 rings (SSSR count). The van der Waals surface area contributed by atoms with Crippen LogP contribution in [-0.2, 0) is 5.54 Å². The molecule has 0 bridgehead atoms. The third kappa shape index (κ3) is 4.15. The van der Waals surface area contributed by atoms with E-state index in [2.05, 4.69) is 78.9 Å². The van der Waals surface area contributed by atoms with E-state index < -0.39 is 5.54 Å². The zero-order valence-electron chi connectivity index (χ0n) is 24.1. The molecule has 7 nitrogen and oxygen atoms in total. The maximum absolute atomic E-state index is 14.2. The second-order valence-electron chi connectivity index (χ2n) is 10.2. The molecule has 4 aromatic rings. The van der Waals surface area contributed by atoms with E-state index in [1.165, 1.54) is 0 Å². The van der Waals surface area contributed by atoms with E-state index in [0.29, 0.717) is 5.56 Å². The lowest BCUT2D eigenvalue weighted by molar-refractivity contribution is -0.379. The van der Waals surface area contributed by atoms with Crippen molar-refractivity contribution in [3.63, 3.8) is 0 Å². The van der Waals surface area contributed by atoms with Crippen molar-refractivity contribution < 1.29 is 14.5 Å². The molecule has 0 unspecified atom stereocenters. The van der Waals surface area contributed by atoms with E-state index >= 15 is 0 Å². The van der Waals surface area contributed by atoms with E-state index in [0.717, 1.165) is 71.4 Å². The summed E-state index contributed by atoms with van der Waals surface area (Å²) in [6, 6.07) is 26.3. The van der Waals surface area contributed by atoms with Crippen LogP contribution < -0.4 is 19.5 Å². The Bertz CT molecular complexity index is 1550. The number of carbonyl (C=O) groups excluding carboxylic acids is 1. The van der Waals surface area contributed by atoms with Gasteiger partial charge in [-0.15, -0.1) is 0 Å². The first-order valence-electron chi connectivity index (χ1n) is 14.5. The average Bonchev–Trinajstić information content (AvgIpc) is 3.25. The Labute approximate surface area is 241 Å². The van der Waals surface area contributed by atoms with Gasteiger partial charge in [-0.25, -0.2) is 9.99 Å². The number of fused-ring (bicyclic) bond motifs is 6. The molecule has 0 aliphatic carbocycles. The molecule has 3 heterocycles. The molecule has 3 aromatic carbocycles. The fraction of sp³-hybridized carbons (Fsp3) is 0.265. The van der Waals surface area contributed by atoms with Crippen LogP contribution in [0.5, 0.6) is 11.5 Å².